The summed E-state index contributed by atoms with van der Waals surface area (Å²) in [5, 5.41) is 9.93. The molecule has 7 heteroatoms. The number of hydrogen-bond donors (Lipinski definition) is 1. The van der Waals surface area contributed by atoms with Gasteiger partial charge in [-0.05, 0) is 49.7 Å². The van der Waals surface area contributed by atoms with Crippen LogP contribution in [0.25, 0.3) is 0 Å². The molecule has 3 atom stereocenters. The van der Waals surface area contributed by atoms with Gasteiger partial charge < -0.3 is 19.6 Å². The summed E-state index contributed by atoms with van der Waals surface area (Å²) in [5.41, 5.74) is 2.22. The standard InChI is InChI=1S/C28H38N2O5/c1-3-5-6-14-27(33)35-20-24-13-9-15-29(24)28(34)22(10-4-2)17-26(32)30-18-23-12-8-7-11-21(23)16-25(30)19-31/h3-4,7-8,11-12,22,24-25,31H,1-2,5-6,9-10,13-20H2/t22-,24+,25+/m1/s1. The Morgan fingerprint density at radius 1 is 1.11 bits per heavy atom. The summed E-state index contributed by atoms with van der Waals surface area (Å²) in [6, 6.07) is 7.49. The Hall–Kier alpha value is -2.93. The number of aliphatic hydroxyl groups excluding tert-OH is 1. The summed E-state index contributed by atoms with van der Waals surface area (Å²) in [7, 11) is 0. The largest absolute Gasteiger partial charge is 0.463 e. The van der Waals surface area contributed by atoms with Crippen LogP contribution in [0, 0.1) is 5.92 Å². The summed E-state index contributed by atoms with van der Waals surface area (Å²) in [4.78, 5) is 42.3. The number of carbonyl (C=O) groups is 3. The number of likely N-dealkylation sites (tertiary alicyclic amines) is 1. The van der Waals surface area contributed by atoms with Crippen molar-refractivity contribution in [3.63, 3.8) is 0 Å². The van der Waals surface area contributed by atoms with E-state index in [4.69, 9.17) is 4.74 Å². The molecular weight excluding hydrogens is 444 g/mol. The van der Waals surface area contributed by atoms with Crippen molar-refractivity contribution in [3.8, 4) is 0 Å². The van der Waals surface area contributed by atoms with Crippen LogP contribution in [0.4, 0.5) is 0 Å². The second-order valence-electron chi connectivity index (χ2n) is 9.45. The van der Waals surface area contributed by atoms with E-state index in [9.17, 15) is 19.5 Å². The fourth-order valence-electron chi connectivity index (χ4n) is 5.03. The van der Waals surface area contributed by atoms with E-state index in [1.54, 1.807) is 22.0 Å². The highest BCUT2D eigenvalue weighted by molar-refractivity contribution is 5.86. The molecule has 1 aromatic rings. The van der Waals surface area contributed by atoms with Crippen LogP contribution in [0.3, 0.4) is 0 Å². The minimum absolute atomic E-state index is 0.0636. The van der Waals surface area contributed by atoms with Gasteiger partial charge in [0.2, 0.25) is 11.8 Å². The number of esters is 1. The highest BCUT2D eigenvalue weighted by atomic mass is 16.5. The molecule has 0 spiro atoms. The Morgan fingerprint density at radius 3 is 2.60 bits per heavy atom. The molecule has 2 aliphatic heterocycles. The van der Waals surface area contributed by atoms with E-state index in [2.05, 4.69) is 13.2 Å². The highest BCUT2D eigenvalue weighted by Gasteiger charge is 2.36. The van der Waals surface area contributed by atoms with Gasteiger partial charge in [-0.2, -0.15) is 0 Å². The Bertz CT molecular complexity index is 914. The van der Waals surface area contributed by atoms with Crippen LogP contribution >= 0.6 is 0 Å². The summed E-state index contributed by atoms with van der Waals surface area (Å²) in [6.45, 7) is 8.54. The number of fused-ring (bicyclic) bond motifs is 1. The molecule has 2 aliphatic rings. The number of nitrogens with zero attached hydrogens (tertiary/aromatic N) is 2. The lowest BCUT2D eigenvalue weighted by molar-refractivity contribution is -0.149. The van der Waals surface area contributed by atoms with E-state index in [1.807, 2.05) is 24.3 Å². The third kappa shape index (κ3) is 7.04. The minimum Gasteiger partial charge on any atom is -0.463 e. The van der Waals surface area contributed by atoms with E-state index in [-0.39, 0.29) is 49.5 Å². The lowest BCUT2D eigenvalue weighted by atomic mass is 9.92. The topological polar surface area (TPSA) is 87.2 Å². The predicted octanol–water partition coefficient (Wildman–Crippen LogP) is 3.41. The molecule has 2 amide bonds. The summed E-state index contributed by atoms with van der Waals surface area (Å²) >= 11 is 0. The molecular formula is C28H38N2O5. The lowest BCUT2D eigenvalue weighted by Gasteiger charge is -2.37. The van der Waals surface area contributed by atoms with Gasteiger partial charge in [0, 0.05) is 25.9 Å². The van der Waals surface area contributed by atoms with Crippen molar-refractivity contribution in [2.45, 2.75) is 70.0 Å². The van der Waals surface area contributed by atoms with Crippen LogP contribution < -0.4 is 0 Å². The van der Waals surface area contributed by atoms with Gasteiger partial charge in [0.05, 0.1) is 24.6 Å². The van der Waals surface area contributed by atoms with Gasteiger partial charge in [-0.1, -0.05) is 36.4 Å². The summed E-state index contributed by atoms with van der Waals surface area (Å²) in [5.74, 6) is -1.02. The Kier molecular flexibility index (Phi) is 10.1. The molecule has 0 saturated carbocycles. The first-order valence-electron chi connectivity index (χ1n) is 12.6. The van der Waals surface area contributed by atoms with Crippen molar-refractivity contribution in [2.75, 3.05) is 19.8 Å². The van der Waals surface area contributed by atoms with Crippen LogP contribution in [0.1, 0.15) is 56.1 Å². The van der Waals surface area contributed by atoms with Gasteiger partial charge in [0.1, 0.15) is 6.61 Å². The van der Waals surface area contributed by atoms with Crippen LogP contribution in [0.5, 0.6) is 0 Å². The van der Waals surface area contributed by atoms with Crippen molar-refractivity contribution < 1.29 is 24.2 Å². The van der Waals surface area contributed by atoms with Crippen LogP contribution in [-0.4, -0.2) is 64.5 Å². The smallest absolute Gasteiger partial charge is 0.305 e. The summed E-state index contributed by atoms with van der Waals surface area (Å²) < 4.78 is 5.44. The Morgan fingerprint density at radius 2 is 1.89 bits per heavy atom. The van der Waals surface area contributed by atoms with Gasteiger partial charge in [-0.15, -0.1) is 13.2 Å². The van der Waals surface area contributed by atoms with Crippen molar-refractivity contribution >= 4 is 17.8 Å². The first kappa shape index (κ1) is 26.7. The molecule has 0 unspecified atom stereocenters. The maximum atomic E-state index is 13.5. The van der Waals surface area contributed by atoms with Gasteiger partial charge in [-0.3, -0.25) is 14.4 Å². The number of aliphatic hydroxyl groups is 1. The molecule has 1 aromatic carbocycles. The molecule has 1 saturated heterocycles. The highest BCUT2D eigenvalue weighted by Crippen LogP contribution is 2.27. The molecule has 0 radical (unpaired) electrons. The molecule has 190 valence electrons. The van der Waals surface area contributed by atoms with Gasteiger partial charge >= 0.3 is 5.97 Å². The number of carbonyl (C=O) groups excluding carboxylic acids is 3. The maximum Gasteiger partial charge on any atom is 0.305 e. The fraction of sp³-hybridized carbons (Fsp3) is 0.536. The first-order valence-corrected chi connectivity index (χ1v) is 12.6. The monoisotopic (exact) mass is 482 g/mol. The molecule has 0 aromatic heterocycles. The molecule has 2 heterocycles. The van der Waals surface area contributed by atoms with Crippen molar-refractivity contribution in [3.05, 3.63) is 60.7 Å². The van der Waals surface area contributed by atoms with E-state index in [1.165, 1.54) is 0 Å². The molecule has 1 N–H and O–H groups in total. The molecule has 3 rings (SSSR count). The molecule has 0 bridgehead atoms. The van der Waals surface area contributed by atoms with Gasteiger partial charge in [-0.25, -0.2) is 0 Å². The van der Waals surface area contributed by atoms with E-state index in [0.29, 0.717) is 38.8 Å². The SMILES string of the molecule is C=CCCCC(=O)OC[C@@H]1CCCN1C(=O)[C@H](CC=C)CC(=O)N1Cc2ccccc2C[C@H]1CO. The molecule has 0 aliphatic carbocycles. The zero-order valence-electron chi connectivity index (χ0n) is 20.6. The molecule has 7 nitrogen and oxygen atoms in total. The van der Waals surface area contributed by atoms with E-state index >= 15 is 0 Å². The second kappa shape index (κ2) is 13.2. The third-order valence-corrected chi connectivity index (χ3v) is 6.99. The maximum absolute atomic E-state index is 13.5. The predicted molar refractivity (Wildman–Crippen MR) is 134 cm³/mol. The minimum atomic E-state index is -0.527. The van der Waals surface area contributed by atoms with Crippen LogP contribution in [0.15, 0.2) is 49.6 Å². The number of benzene rings is 1. The van der Waals surface area contributed by atoms with E-state index in [0.717, 1.165) is 30.4 Å². The number of rotatable bonds is 12. The van der Waals surface area contributed by atoms with Crippen molar-refractivity contribution in [1.82, 2.24) is 9.80 Å². The zero-order valence-corrected chi connectivity index (χ0v) is 20.6. The Balaban J connectivity index is 1.62. The fourth-order valence-corrected chi connectivity index (χ4v) is 5.03. The average Bonchev–Trinajstić information content (AvgIpc) is 3.34. The average molecular weight is 483 g/mol. The van der Waals surface area contributed by atoms with Crippen LogP contribution in [0.2, 0.25) is 0 Å². The number of ether oxygens (including phenoxy) is 1. The van der Waals surface area contributed by atoms with Crippen LogP contribution in [-0.2, 0) is 32.1 Å². The van der Waals surface area contributed by atoms with Gasteiger partial charge in [0.25, 0.3) is 0 Å². The second-order valence-corrected chi connectivity index (χ2v) is 9.45. The van der Waals surface area contributed by atoms with Gasteiger partial charge in [0.15, 0.2) is 0 Å². The van der Waals surface area contributed by atoms with E-state index < -0.39 is 5.92 Å². The lowest BCUT2D eigenvalue weighted by Crippen LogP contribution is -2.48. The first-order chi connectivity index (χ1) is 17.0. The number of hydrogen-bond acceptors (Lipinski definition) is 5. The van der Waals surface area contributed by atoms with Crippen molar-refractivity contribution in [2.24, 2.45) is 5.92 Å². The molecule has 1 fully saturated rings. The zero-order chi connectivity index (χ0) is 25.2. The quantitative estimate of drug-likeness (QED) is 0.280. The van der Waals surface area contributed by atoms with Crippen molar-refractivity contribution in [1.29, 1.82) is 0 Å². The Labute approximate surface area is 208 Å². The normalized spacial score (nSPS) is 20.1. The number of amides is 2. The summed E-state index contributed by atoms with van der Waals surface area (Å²) in [6.07, 6.45) is 7.93. The number of unbranched alkanes of at least 4 members (excludes halogenated alkanes) is 1. The molecule has 35 heavy (non-hydrogen) atoms. The third-order valence-electron chi connectivity index (χ3n) is 6.99. The number of allylic oxidation sites excluding steroid dienone is 2.